The third-order valence-corrected chi connectivity index (χ3v) is 4.85. The number of nitrogens with zero attached hydrogens (tertiary/aromatic N) is 5. The van der Waals surface area contributed by atoms with Gasteiger partial charge in [0.2, 0.25) is 0 Å². The van der Waals surface area contributed by atoms with Crippen molar-refractivity contribution < 1.29 is 8.78 Å². The molecule has 0 radical (unpaired) electrons. The lowest BCUT2D eigenvalue weighted by molar-refractivity contribution is 0.617. The van der Waals surface area contributed by atoms with Gasteiger partial charge in [-0.1, -0.05) is 11.6 Å². The van der Waals surface area contributed by atoms with E-state index in [9.17, 15) is 13.6 Å². The maximum absolute atomic E-state index is 14.4. The summed E-state index contributed by atoms with van der Waals surface area (Å²) in [5.41, 5.74) is 10.2. The fourth-order valence-electron chi connectivity index (χ4n) is 3.05. The first-order chi connectivity index (χ1) is 15.2. The summed E-state index contributed by atoms with van der Waals surface area (Å²) in [4.78, 5) is 25.2. The number of halogens is 3. The third kappa shape index (κ3) is 4.55. The first kappa shape index (κ1) is 22.8. The van der Waals surface area contributed by atoms with Gasteiger partial charge in [-0.2, -0.15) is 5.26 Å². The molecule has 9 nitrogen and oxygen atoms in total. The highest BCUT2D eigenvalue weighted by Gasteiger charge is 2.19. The van der Waals surface area contributed by atoms with E-state index in [4.69, 9.17) is 33.7 Å². The minimum absolute atomic E-state index is 0.00714. The average molecular weight is 459 g/mol. The Morgan fingerprint density at radius 1 is 1.34 bits per heavy atom. The molecular formula is C20H17ClF2N8O. The number of benzene rings is 1. The Morgan fingerprint density at radius 2 is 2.09 bits per heavy atom. The van der Waals surface area contributed by atoms with Crippen LogP contribution in [0.1, 0.15) is 12.2 Å². The molecule has 2 aromatic heterocycles. The van der Waals surface area contributed by atoms with Crippen molar-refractivity contribution in [3.8, 4) is 11.8 Å². The van der Waals surface area contributed by atoms with Crippen LogP contribution in [0.25, 0.3) is 16.6 Å². The Balaban J connectivity index is 2.03. The number of hydrogen-bond acceptors (Lipinski definition) is 6. The molecule has 1 atom stereocenters. The number of pyridine rings is 1. The Morgan fingerprint density at radius 3 is 2.75 bits per heavy atom. The standard InChI is InChI=1S/C20H17ClF2N8O/c21-13-3-4-14(23)17-16(13)20(32)31(11-6-10(22)8-28-9-11)15(30-17)2-1-5-29-19(27)12(7-24)18(25)26/h3-4,6,8-9,12H,1-2,5H2,(H3,25,26)(H2,27,29). The molecule has 3 aromatic rings. The van der Waals surface area contributed by atoms with Crippen molar-refractivity contribution in [2.24, 2.45) is 22.4 Å². The smallest absolute Gasteiger partial charge is 0.267 e. The molecule has 2 heterocycles. The van der Waals surface area contributed by atoms with Gasteiger partial charge in [0, 0.05) is 19.0 Å². The number of fused-ring (bicyclic) bond motifs is 1. The van der Waals surface area contributed by atoms with Crippen LogP contribution in [-0.2, 0) is 6.42 Å². The molecule has 0 saturated heterocycles. The van der Waals surface area contributed by atoms with Gasteiger partial charge < -0.3 is 11.5 Å². The lowest BCUT2D eigenvalue weighted by Gasteiger charge is -2.14. The van der Waals surface area contributed by atoms with E-state index >= 15 is 0 Å². The molecule has 1 unspecified atom stereocenters. The molecule has 164 valence electrons. The van der Waals surface area contributed by atoms with Gasteiger partial charge in [-0.3, -0.25) is 24.7 Å². The lowest BCUT2D eigenvalue weighted by atomic mass is 10.1. The number of rotatable bonds is 7. The fourth-order valence-corrected chi connectivity index (χ4v) is 3.28. The summed E-state index contributed by atoms with van der Waals surface area (Å²) >= 11 is 6.11. The van der Waals surface area contributed by atoms with Gasteiger partial charge in [0.25, 0.3) is 5.56 Å². The highest BCUT2D eigenvalue weighted by Crippen LogP contribution is 2.23. The summed E-state index contributed by atoms with van der Waals surface area (Å²) in [6.07, 6.45) is 2.67. The molecule has 0 aliphatic carbocycles. The number of nitrogens with one attached hydrogen (secondary N) is 1. The van der Waals surface area contributed by atoms with Crippen molar-refractivity contribution in [1.29, 1.82) is 10.7 Å². The van der Waals surface area contributed by atoms with Crippen LogP contribution >= 0.6 is 11.6 Å². The molecule has 5 N–H and O–H groups in total. The van der Waals surface area contributed by atoms with E-state index in [-0.39, 0.29) is 46.2 Å². The quantitative estimate of drug-likeness (QED) is 0.279. The average Bonchev–Trinajstić information content (AvgIpc) is 2.74. The minimum atomic E-state index is -1.14. The van der Waals surface area contributed by atoms with Gasteiger partial charge in [-0.05, 0) is 18.6 Å². The molecule has 0 fully saturated rings. The van der Waals surface area contributed by atoms with Crippen molar-refractivity contribution in [1.82, 2.24) is 14.5 Å². The molecule has 32 heavy (non-hydrogen) atoms. The zero-order valence-electron chi connectivity index (χ0n) is 16.5. The van der Waals surface area contributed by atoms with E-state index in [0.29, 0.717) is 6.42 Å². The highest BCUT2D eigenvalue weighted by molar-refractivity contribution is 6.35. The summed E-state index contributed by atoms with van der Waals surface area (Å²) in [6.45, 7) is 0.116. The summed E-state index contributed by atoms with van der Waals surface area (Å²) in [5.74, 6) is -2.95. The predicted octanol–water partition coefficient (Wildman–Crippen LogP) is 2.08. The number of amidine groups is 2. The maximum Gasteiger partial charge on any atom is 0.267 e. The summed E-state index contributed by atoms with van der Waals surface area (Å²) in [5, 5.41) is 16.2. The SMILES string of the molecule is N#CC(C(=N)N)C(N)=NCCCc1nc2c(F)ccc(Cl)c2c(=O)n1-c1cncc(F)c1. The number of aliphatic imine (C=N–C) groups is 1. The van der Waals surface area contributed by atoms with Crippen molar-refractivity contribution in [3.05, 3.63) is 63.4 Å². The van der Waals surface area contributed by atoms with E-state index < -0.39 is 28.9 Å². The Bertz CT molecular complexity index is 1330. The highest BCUT2D eigenvalue weighted by atomic mass is 35.5. The van der Waals surface area contributed by atoms with Crippen LogP contribution in [0.15, 0.2) is 40.4 Å². The molecule has 3 rings (SSSR count). The number of aromatic nitrogens is 3. The van der Waals surface area contributed by atoms with Gasteiger partial charge in [0.15, 0.2) is 5.92 Å². The number of hydrogen-bond donors (Lipinski definition) is 3. The van der Waals surface area contributed by atoms with Crippen molar-refractivity contribution in [3.63, 3.8) is 0 Å². The lowest BCUT2D eigenvalue weighted by Crippen LogP contribution is -2.34. The van der Waals surface area contributed by atoms with Gasteiger partial charge in [0.1, 0.15) is 34.6 Å². The number of nitrogens with two attached hydrogens (primary N) is 2. The van der Waals surface area contributed by atoms with Crippen LogP contribution in [0.3, 0.4) is 0 Å². The van der Waals surface area contributed by atoms with Gasteiger partial charge in [-0.15, -0.1) is 0 Å². The van der Waals surface area contributed by atoms with E-state index in [1.165, 1.54) is 12.3 Å². The second kappa shape index (κ2) is 9.49. The Hall–Kier alpha value is -3.91. The van der Waals surface area contributed by atoms with Gasteiger partial charge in [0.05, 0.1) is 34.6 Å². The number of aryl methyl sites for hydroxylation is 1. The topological polar surface area (TPSA) is 160 Å². The third-order valence-electron chi connectivity index (χ3n) is 4.53. The van der Waals surface area contributed by atoms with E-state index in [1.54, 1.807) is 6.07 Å². The molecule has 0 aliphatic heterocycles. The summed E-state index contributed by atoms with van der Waals surface area (Å²) in [6, 6.07) is 5.22. The van der Waals surface area contributed by atoms with Crippen LogP contribution < -0.4 is 17.0 Å². The van der Waals surface area contributed by atoms with Crippen LogP contribution in [0, 0.1) is 34.3 Å². The number of nitriles is 1. The Kier molecular flexibility index (Phi) is 6.75. The second-order valence-corrected chi connectivity index (χ2v) is 7.12. The van der Waals surface area contributed by atoms with Crippen LogP contribution in [0.5, 0.6) is 0 Å². The van der Waals surface area contributed by atoms with E-state index in [2.05, 4.69) is 15.0 Å². The zero-order valence-corrected chi connectivity index (χ0v) is 17.3. The first-order valence-electron chi connectivity index (χ1n) is 9.28. The maximum atomic E-state index is 14.4. The second-order valence-electron chi connectivity index (χ2n) is 6.71. The van der Waals surface area contributed by atoms with E-state index in [0.717, 1.165) is 22.9 Å². The monoisotopic (exact) mass is 458 g/mol. The predicted molar refractivity (Wildman–Crippen MR) is 116 cm³/mol. The normalized spacial score (nSPS) is 12.5. The summed E-state index contributed by atoms with van der Waals surface area (Å²) in [7, 11) is 0. The molecule has 0 saturated carbocycles. The van der Waals surface area contributed by atoms with E-state index in [1.807, 2.05) is 0 Å². The van der Waals surface area contributed by atoms with Crippen molar-refractivity contribution in [2.45, 2.75) is 12.8 Å². The largest absolute Gasteiger partial charge is 0.386 e. The molecule has 0 amide bonds. The first-order valence-corrected chi connectivity index (χ1v) is 9.66. The van der Waals surface area contributed by atoms with Crippen LogP contribution in [-0.4, -0.2) is 32.8 Å². The molecule has 12 heteroatoms. The molecule has 0 spiro atoms. The molecule has 0 aliphatic rings. The van der Waals surface area contributed by atoms with Crippen molar-refractivity contribution >= 4 is 34.2 Å². The molecule has 0 bridgehead atoms. The molecular weight excluding hydrogens is 442 g/mol. The zero-order chi connectivity index (χ0) is 23.4. The van der Waals surface area contributed by atoms with Gasteiger partial charge in [-0.25, -0.2) is 13.8 Å². The van der Waals surface area contributed by atoms with Crippen molar-refractivity contribution in [2.75, 3.05) is 6.54 Å². The van der Waals surface area contributed by atoms with Crippen LogP contribution in [0.2, 0.25) is 5.02 Å². The molecule has 1 aromatic carbocycles. The van der Waals surface area contributed by atoms with Crippen LogP contribution in [0.4, 0.5) is 8.78 Å². The minimum Gasteiger partial charge on any atom is -0.386 e. The van der Waals surface area contributed by atoms with Gasteiger partial charge >= 0.3 is 0 Å². The summed E-state index contributed by atoms with van der Waals surface area (Å²) < 4.78 is 29.3. The Labute approximate surface area is 185 Å². The fraction of sp³-hybridized carbons (Fsp3) is 0.200.